The lowest BCUT2D eigenvalue weighted by Crippen LogP contribution is -1.98. The van der Waals surface area contributed by atoms with Crippen molar-refractivity contribution < 1.29 is 19.4 Å². The summed E-state index contributed by atoms with van der Waals surface area (Å²) in [5.41, 5.74) is 0.433. The van der Waals surface area contributed by atoms with Gasteiger partial charge in [-0.3, -0.25) is 0 Å². The predicted octanol–water partition coefficient (Wildman–Crippen LogP) is 2.55. The third-order valence-corrected chi connectivity index (χ3v) is 1.52. The molecule has 0 atom stereocenters. The second-order valence-corrected chi connectivity index (χ2v) is 3.15. The van der Waals surface area contributed by atoms with Crippen LogP contribution in [0.4, 0.5) is 0 Å². The van der Waals surface area contributed by atoms with Gasteiger partial charge in [0.2, 0.25) is 0 Å². The molecule has 0 saturated carbocycles. The van der Waals surface area contributed by atoms with E-state index in [4.69, 9.17) is 5.11 Å². The summed E-state index contributed by atoms with van der Waals surface area (Å²) < 4.78 is 4.27. The molecule has 0 aromatic rings. The summed E-state index contributed by atoms with van der Waals surface area (Å²) in [6.45, 7) is 7.03. The number of carboxylic acid groups (broad SMARTS) is 1. The molecule has 0 bridgehead atoms. The maximum absolute atomic E-state index is 10.2. The van der Waals surface area contributed by atoms with Gasteiger partial charge in [-0.15, -0.1) is 0 Å². The number of allylic oxidation sites excluding steroid dienone is 1. The number of carbonyl (C=O) groups is 2. The molecule has 0 rings (SSSR count). The molecule has 0 aliphatic rings. The smallest absolute Gasteiger partial charge is 0.332 e. The van der Waals surface area contributed by atoms with E-state index in [0.717, 1.165) is 19.3 Å². The lowest BCUT2D eigenvalue weighted by molar-refractivity contribution is -0.136. The number of esters is 1. The average molecular weight is 228 g/mol. The first-order chi connectivity index (χ1) is 7.45. The maximum atomic E-state index is 10.2. The number of rotatable bonds is 5. The number of hydrogen-bond donors (Lipinski definition) is 1. The van der Waals surface area contributed by atoms with Gasteiger partial charge in [0, 0.05) is 11.6 Å². The second-order valence-electron chi connectivity index (χ2n) is 3.15. The van der Waals surface area contributed by atoms with Crippen molar-refractivity contribution in [2.24, 2.45) is 0 Å². The molecule has 0 amide bonds. The molecule has 0 fully saturated rings. The number of carboxylic acids is 1. The molecule has 0 aliphatic heterocycles. The summed E-state index contributed by atoms with van der Waals surface area (Å²) >= 11 is 0. The third-order valence-electron chi connectivity index (χ3n) is 1.52. The molecule has 0 radical (unpaired) electrons. The van der Waals surface area contributed by atoms with Crippen molar-refractivity contribution in [2.75, 3.05) is 7.11 Å². The third kappa shape index (κ3) is 14.9. The van der Waals surface area contributed by atoms with E-state index in [1.165, 1.54) is 13.2 Å². The normalized spacial score (nSPS) is 9.19. The molecule has 16 heavy (non-hydrogen) atoms. The number of hydrogen-bond acceptors (Lipinski definition) is 3. The van der Waals surface area contributed by atoms with Crippen LogP contribution in [0.1, 0.15) is 33.1 Å². The van der Waals surface area contributed by atoms with Gasteiger partial charge in [0.1, 0.15) is 0 Å². The molecular weight excluding hydrogens is 208 g/mol. The van der Waals surface area contributed by atoms with Crippen LogP contribution in [0.5, 0.6) is 0 Å². The fourth-order valence-electron chi connectivity index (χ4n) is 0.680. The Morgan fingerprint density at radius 3 is 2.25 bits per heavy atom. The van der Waals surface area contributed by atoms with Gasteiger partial charge in [-0.1, -0.05) is 32.4 Å². The first-order valence-electron chi connectivity index (χ1n) is 5.09. The van der Waals surface area contributed by atoms with Crippen LogP contribution in [-0.4, -0.2) is 24.2 Å². The topological polar surface area (TPSA) is 63.6 Å². The van der Waals surface area contributed by atoms with Crippen molar-refractivity contribution in [2.45, 2.75) is 33.1 Å². The van der Waals surface area contributed by atoms with E-state index in [1.54, 1.807) is 13.0 Å². The first-order valence-corrected chi connectivity index (χ1v) is 5.09. The minimum absolute atomic E-state index is 0.347. The number of unbranched alkanes of at least 4 members (excludes halogenated alkanes) is 2. The minimum atomic E-state index is -0.855. The molecule has 0 aromatic carbocycles. The Kier molecular flexibility index (Phi) is 12.1. The zero-order valence-corrected chi connectivity index (χ0v) is 10.2. The summed E-state index contributed by atoms with van der Waals surface area (Å²) in [7, 11) is 1.33. The fraction of sp³-hybridized carbons (Fsp3) is 0.500. The van der Waals surface area contributed by atoms with Gasteiger partial charge in [0.05, 0.1) is 7.11 Å². The zero-order valence-electron chi connectivity index (χ0n) is 10.2. The fourth-order valence-corrected chi connectivity index (χ4v) is 0.680. The van der Waals surface area contributed by atoms with Crippen LogP contribution in [0.2, 0.25) is 0 Å². The maximum Gasteiger partial charge on any atom is 0.332 e. The van der Waals surface area contributed by atoms with Gasteiger partial charge in [-0.05, 0) is 13.3 Å². The standard InChI is InChI=1S/C7H12O2.C5H8O2/c1-2-3-4-5-6-7(8)9;1-4(2)5(6)7-3/h5-6H,2-4H2,1H3,(H,8,9);1H2,2-3H3. The van der Waals surface area contributed by atoms with Crippen LogP contribution in [0, 0.1) is 0 Å². The number of aliphatic carboxylic acids is 1. The Bertz CT molecular complexity index is 254. The molecule has 0 heterocycles. The van der Waals surface area contributed by atoms with Gasteiger partial charge in [0.15, 0.2) is 0 Å². The minimum Gasteiger partial charge on any atom is -0.478 e. The van der Waals surface area contributed by atoms with Gasteiger partial charge < -0.3 is 9.84 Å². The highest BCUT2D eigenvalue weighted by Crippen LogP contribution is 1.93. The molecule has 1 N–H and O–H groups in total. The van der Waals surface area contributed by atoms with Gasteiger partial charge in [-0.2, -0.15) is 0 Å². The Labute approximate surface area is 96.6 Å². The molecular formula is C12H20O4. The highest BCUT2D eigenvalue weighted by atomic mass is 16.5. The van der Waals surface area contributed by atoms with Crippen LogP contribution >= 0.6 is 0 Å². The van der Waals surface area contributed by atoms with E-state index in [0.29, 0.717) is 5.57 Å². The Hall–Kier alpha value is -1.58. The largest absolute Gasteiger partial charge is 0.478 e. The summed E-state index contributed by atoms with van der Waals surface area (Å²) in [5.74, 6) is -1.20. The summed E-state index contributed by atoms with van der Waals surface area (Å²) in [4.78, 5) is 20.1. The van der Waals surface area contributed by atoms with Crippen molar-refractivity contribution in [1.29, 1.82) is 0 Å². The van der Waals surface area contributed by atoms with Crippen LogP contribution in [0.15, 0.2) is 24.3 Å². The quantitative estimate of drug-likeness (QED) is 0.446. The molecule has 0 unspecified atom stereocenters. The van der Waals surface area contributed by atoms with Gasteiger partial charge >= 0.3 is 11.9 Å². The molecule has 0 spiro atoms. The van der Waals surface area contributed by atoms with Crippen LogP contribution in [0.25, 0.3) is 0 Å². The van der Waals surface area contributed by atoms with Crippen LogP contribution < -0.4 is 0 Å². The SMILES string of the molecule is C=C(C)C(=O)OC.CCCCC=CC(=O)O. The van der Waals surface area contributed by atoms with E-state index < -0.39 is 5.97 Å². The molecule has 0 saturated heterocycles. The number of ether oxygens (including phenoxy) is 1. The first kappa shape index (κ1) is 16.8. The monoisotopic (exact) mass is 228 g/mol. The average Bonchev–Trinajstić information content (AvgIpc) is 2.23. The van der Waals surface area contributed by atoms with E-state index in [9.17, 15) is 9.59 Å². The molecule has 0 aliphatic carbocycles. The summed E-state index contributed by atoms with van der Waals surface area (Å²) in [6.07, 6.45) is 5.94. The van der Waals surface area contributed by atoms with Crippen molar-refractivity contribution >= 4 is 11.9 Å². The number of carbonyl (C=O) groups excluding carboxylic acids is 1. The Morgan fingerprint density at radius 1 is 1.44 bits per heavy atom. The van der Waals surface area contributed by atoms with E-state index in [1.807, 2.05) is 0 Å². The van der Waals surface area contributed by atoms with Crippen molar-refractivity contribution in [1.82, 2.24) is 0 Å². The number of methoxy groups -OCH3 is 1. The lowest BCUT2D eigenvalue weighted by atomic mass is 10.2. The lowest BCUT2D eigenvalue weighted by Gasteiger charge is -1.91. The van der Waals surface area contributed by atoms with Crippen LogP contribution in [-0.2, 0) is 14.3 Å². The highest BCUT2D eigenvalue weighted by molar-refractivity contribution is 5.86. The van der Waals surface area contributed by atoms with Crippen molar-refractivity contribution in [3.63, 3.8) is 0 Å². The van der Waals surface area contributed by atoms with Crippen molar-refractivity contribution in [3.8, 4) is 0 Å². The van der Waals surface area contributed by atoms with E-state index in [2.05, 4.69) is 18.2 Å². The Balaban J connectivity index is 0. The highest BCUT2D eigenvalue weighted by Gasteiger charge is 1.95. The van der Waals surface area contributed by atoms with Crippen LogP contribution in [0.3, 0.4) is 0 Å². The second kappa shape index (κ2) is 11.5. The van der Waals surface area contributed by atoms with Gasteiger partial charge in [0.25, 0.3) is 0 Å². The Morgan fingerprint density at radius 2 is 2.00 bits per heavy atom. The van der Waals surface area contributed by atoms with E-state index in [-0.39, 0.29) is 5.97 Å². The van der Waals surface area contributed by atoms with E-state index >= 15 is 0 Å². The zero-order chi connectivity index (χ0) is 13.0. The summed E-state index contributed by atoms with van der Waals surface area (Å²) in [6, 6.07) is 0. The molecule has 92 valence electrons. The molecule has 4 nitrogen and oxygen atoms in total. The van der Waals surface area contributed by atoms with Gasteiger partial charge in [-0.25, -0.2) is 9.59 Å². The van der Waals surface area contributed by atoms with Crippen molar-refractivity contribution in [3.05, 3.63) is 24.3 Å². The predicted molar refractivity (Wildman–Crippen MR) is 63.1 cm³/mol. The molecule has 4 heteroatoms. The summed E-state index contributed by atoms with van der Waals surface area (Å²) in [5, 5.41) is 8.13. The molecule has 0 aromatic heterocycles.